The SMILES string of the molecule is CC(C)(C)C1(c2cc3ccccc3o2)CCCN1. The number of para-hydroxylation sites is 1. The molecule has 1 unspecified atom stereocenters. The predicted octanol–water partition coefficient (Wildman–Crippen LogP) is 4.06. The average Bonchev–Trinajstić information content (AvgIpc) is 2.95. The highest BCUT2D eigenvalue weighted by Gasteiger charge is 2.47. The Hall–Kier alpha value is -1.28. The van der Waals surface area contributed by atoms with E-state index < -0.39 is 0 Å². The average molecular weight is 243 g/mol. The summed E-state index contributed by atoms with van der Waals surface area (Å²) in [6.45, 7) is 7.95. The van der Waals surface area contributed by atoms with Gasteiger partial charge in [-0.2, -0.15) is 0 Å². The minimum absolute atomic E-state index is 0.0218. The van der Waals surface area contributed by atoms with E-state index in [1.807, 2.05) is 12.1 Å². The topological polar surface area (TPSA) is 25.2 Å². The van der Waals surface area contributed by atoms with Crippen molar-refractivity contribution in [2.24, 2.45) is 5.41 Å². The normalized spacial score (nSPS) is 24.8. The maximum atomic E-state index is 6.12. The number of furan rings is 1. The second-order valence-electron chi connectivity index (χ2n) is 6.33. The van der Waals surface area contributed by atoms with Crippen LogP contribution in [0.2, 0.25) is 0 Å². The summed E-state index contributed by atoms with van der Waals surface area (Å²) in [7, 11) is 0. The van der Waals surface area contributed by atoms with Crippen molar-refractivity contribution in [2.45, 2.75) is 39.2 Å². The maximum Gasteiger partial charge on any atom is 0.134 e. The molecule has 2 heterocycles. The van der Waals surface area contributed by atoms with Crippen molar-refractivity contribution < 1.29 is 4.42 Å². The Morgan fingerprint density at radius 2 is 2.00 bits per heavy atom. The van der Waals surface area contributed by atoms with Crippen molar-refractivity contribution in [1.29, 1.82) is 0 Å². The summed E-state index contributed by atoms with van der Waals surface area (Å²) in [4.78, 5) is 0. The van der Waals surface area contributed by atoms with Crippen LogP contribution in [0.25, 0.3) is 11.0 Å². The molecule has 0 saturated carbocycles. The minimum atomic E-state index is -0.0218. The van der Waals surface area contributed by atoms with Crippen molar-refractivity contribution in [3.8, 4) is 0 Å². The van der Waals surface area contributed by atoms with E-state index in [-0.39, 0.29) is 11.0 Å². The van der Waals surface area contributed by atoms with E-state index >= 15 is 0 Å². The molecule has 3 rings (SSSR count). The van der Waals surface area contributed by atoms with Gasteiger partial charge in [-0.1, -0.05) is 39.0 Å². The van der Waals surface area contributed by atoms with E-state index in [2.05, 4.69) is 44.3 Å². The third kappa shape index (κ3) is 1.59. The fourth-order valence-corrected chi connectivity index (χ4v) is 3.16. The number of hydrogen-bond acceptors (Lipinski definition) is 2. The lowest BCUT2D eigenvalue weighted by atomic mass is 9.71. The largest absolute Gasteiger partial charge is 0.459 e. The first-order valence-corrected chi connectivity index (χ1v) is 6.77. The molecule has 18 heavy (non-hydrogen) atoms. The molecule has 1 atom stereocenters. The van der Waals surface area contributed by atoms with Crippen molar-refractivity contribution in [1.82, 2.24) is 5.32 Å². The smallest absolute Gasteiger partial charge is 0.134 e. The molecule has 1 aromatic carbocycles. The van der Waals surface area contributed by atoms with Gasteiger partial charge in [0.25, 0.3) is 0 Å². The van der Waals surface area contributed by atoms with Gasteiger partial charge in [-0.05, 0) is 36.9 Å². The van der Waals surface area contributed by atoms with Crippen LogP contribution in [0.3, 0.4) is 0 Å². The highest BCUT2D eigenvalue weighted by Crippen LogP contribution is 2.46. The van der Waals surface area contributed by atoms with Crippen LogP contribution >= 0.6 is 0 Å². The van der Waals surface area contributed by atoms with Crippen LogP contribution in [-0.2, 0) is 5.54 Å². The molecular formula is C16H21NO. The van der Waals surface area contributed by atoms with Gasteiger partial charge in [-0.3, -0.25) is 0 Å². The summed E-state index contributed by atoms with van der Waals surface area (Å²) in [6, 6.07) is 10.5. The number of hydrogen-bond donors (Lipinski definition) is 1. The monoisotopic (exact) mass is 243 g/mol. The van der Waals surface area contributed by atoms with Gasteiger partial charge in [0.15, 0.2) is 0 Å². The van der Waals surface area contributed by atoms with Crippen molar-refractivity contribution in [3.63, 3.8) is 0 Å². The van der Waals surface area contributed by atoms with Gasteiger partial charge < -0.3 is 9.73 Å². The first-order valence-electron chi connectivity index (χ1n) is 6.77. The zero-order valence-electron chi connectivity index (χ0n) is 11.4. The summed E-state index contributed by atoms with van der Waals surface area (Å²) in [5, 5.41) is 4.89. The van der Waals surface area contributed by atoms with E-state index in [4.69, 9.17) is 4.42 Å². The second-order valence-corrected chi connectivity index (χ2v) is 6.33. The van der Waals surface area contributed by atoms with Gasteiger partial charge >= 0.3 is 0 Å². The molecule has 1 saturated heterocycles. The van der Waals surface area contributed by atoms with Gasteiger partial charge in [0.1, 0.15) is 11.3 Å². The fraction of sp³-hybridized carbons (Fsp3) is 0.500. The Balaban J connectivity index is 2.16. The highest BCUT2D eigenvalue weighted by molar-refractivity contribution is 5.78. The van der Waals surface area contributed by atoms with Crippen LogP contribution < -0.4 is 5.32 Å². The van der Waals surface area contributed by atoms with E-state index in [0.29, 0.717) is 0 Å². The van der Waals surface area contributed by atoms with E-state index in [1.165, 1.54) is 11.8 Å². The minimum Gasteiger partial charge on any atom is -0.459 e. The maximum absolute atomic E-state index is 6.12. The third-order valence-corrected chi connectivity index (χ3v) is 4.28. The molecule has 1 aliphatic rings. The van der Waals surface area contributed by atoms with Crippen LogP contribution in [0.4, 0.5) is 0 Å². The van der Waals surface area contributed by atoms with Crippen LogP contribution in [-0.4, -0.2) is 6.54 Å². The van der Waals surface area contributed by atoms with Crippen molar-refractivity contribution in [2.75, 3.05) is 6.54 Å². The molecule has 0 aliphatic carbocycles. The first-order chi connectivity index (χ1) is 8.53. The zero-order valence-corrected chi connectivity index (χ0v) is 11.4. The predicted molar refractivity (Wildman–Crippen MR) is 74.6 cm³/mol. The summed E-state index contributed by atoms with van der Waals surface area (Å²) in [5.41, 5.74) is 1.12. The van der Waals surface area contributed by atoms with Gasteiger partial charge in [-0.15, -0.1) is 0 Å². The van der Waals surface area contributed by atoms with Gasteiger partial charge in [-0.25, -0.2) is 0 Å². The van der Waals surface area contributed by atoms with Crippen molar-refractivity contribution in [3.05, 3.63) is 36.1 Å². The molecule has 2 aromatic rings. The Bertz CT molecular complexity index is 523. The van der Waals surface area contributed by atoms with Crippen molar-refractivity contribution >= 4 is 11.0 Å². The lowest BCUT2D eigenvalue weighted by molar-refractivity contribution is 0.133. The molecule has 2 nitrogen and oxygen atoms in total. The Labute approximate surface area is 108 Å². The molecule has 0 radical (unpaired) electrons. The molecule has 1 fully saturated rings. The van der Waals surface area contributed by atoms with Crippen LogP contribution in [0.15, 0.2) is 34.7 Å². The van der Waals surface area contributed by atoms with Crippen LogP contribution in [0.5, 0.6) is 0 Å². The van der Waals surface area contributed by atoms with E-state index in [9.17, 15) is 0 Å². The van der Waals surface area contributed by atoms with E-state index in [1.54, 1.807) is 0 Å². The Morgan fingerprint density at radius 3 is 2.61 bits per heavy atom. The summed E-state index contributed by atoms with van der Waals surface area (Å²) in [5.74, 6) is 1.09. The quantitative estimate of drug-likeness (QED) is 0.817. The summed E-state index contributed by atoms with van der Waals surface area (Å²) in [6.07, 6.45) is 2.37. The van der Waals surface area contributed by atoms with Gasteiger partial charge in [0, 0.05) is 5.39 Å². The fourth-order valence-electron chi connectivity index (χ4n) is 3.16. The number of fused-ring (bicyclic) bond motifs is 1. The third-order valence-electron chi connectivity index (χ3n) is 4.28. The van der Waals surface area contributed by atoms with Gasteiger partial charge in [0.05, 0.1) is 5.54 Å². The molecule has 96 valence electrons. The standard InChI is InChI=1S/C16H21NO/c1-15(2,3)16(9-6-10-17-16)14-11-12-7-4-5-8-13(12)18-14/h4-5,7-8,11,17H,6,9-10H2,1-3H3. The number of nitrogens with one attached hydrogen (secondary N) is 1. The number of benzene rings is 1. The lowest BCUT2D eigenvalue weighted by Gasteiger charge is -2.40. The number of rotatable bonds is 1. The zero-order chi connectivity index (χ0) is 12.8. The Morgan fingerprint density at radius 1 is 1.22 bits per heavy atom. The molecular weight excluding hydrogens is 222 g/mol. The molecule has 1 N–H and O–H groups in total. The molecule has 0 spiro atoms. The highest BCUT2D eigenvalue weighted by atomic mass is 16.3. The van der Waals surface area contributed by atoms with Gasteiger partial charge in [0.2, 0.25) is 0 Å². The summed E-state index contributed by atoms with van der Waals surface area (Å²) < 4.78 is 6.12. The van der Waals surface area contributed by atoms with E-state index in [0.717, 1.165) is 24.3 Å². The molecule has 0 bridgehead atoms. The second kappa shape index (κ2) is 3.86. The first kappa shape index (κ1) is 11.8. The molecule has 0 amide bonds. The Kier molecular flexibility index (Phi) is 2.53. The molecule has 1 aromatic heterocycles. The molecule has 1 aliphatic heterocycles. The lowest BCUT2D eigenvalue weighted by Crippen LogP contribution is -2.47. The van der Waals surface area contributed by atoms with Crippen LogP contribution in [0, 0.1) is 5.41 Å². The van der Waals surface area contributed by atoms with Crippen LogP contribution in [0.1, 0.15) is 39.4 Å². The summed E-state index contributed by atoms with van der Waals surface area (Å²) >= 11 is 0. The molecule has 2 heteroatoms.